The van der Waals surface area contributed by atoms with Gasteiger partial charge in [0, 0.05) is 41.0 Å². The molecular formula is C19H22Cl2N4. The van der Waals surface area contributed by atoms with Crippen LogP contribution in [0.4, 0.5) is 5.82 Å². The molecule has 0 spiro atoms. The van der Waals surface area contributed by atoms with Crippen LogP contribution >= 0.6 is 23.2 Å². The first kappa shape index (κ1) is 18.0. The highest BCUT2D eigenvalue weighted by molar-refractivity contribution is 6.36. The fourth-order valence-corrected chi connectivity index (χ4v) is 3.48. The molecule has 0 fully saturated rings. The summed E-state index contributed by atoms with van der Waals surface area (Å²) in [7, 11) is 0. The molecule has 4 nitrogen and oxygen atoms in total. The van der Waals surface area contributed by atoms with Gasteiger partial charge in [-0.15, -0.1) is 0 Å². The Balaban J connectivity index is 2.15. The third-order valence-electron chi connectivity index (χ3n) is 4.29. The zero-order valence-corrected chi connectivity index (χ0v) is 16.3. The summed E-state index contributed by atoms with van der Waals surface area (Å²) in [6.45, 7) is 8.31. The largest absolute Gasteiger partial charge is 0.357 e. The van der Waals surface area contributed by atoms with E-state index < -0.39 is 0 Å². The average molecular weight is 377 g/mol. The Morgan fingerprint density at radius 3 is 2.60 bits per heavy atom. The molecule has 3 rings (SSSR count). The van der Waals surface area contributed by atoms with Gasteiger partial charge in [-0.2, -0.15) is 9.61 Å². The highest BCUT2D eigenvalue weighted by Crippen LogP contribution is 2.33. The first-order valence-electron chi connectivity index (χ1n) is 8.60. The van der Waals surface area contributed by atoms with Gasteiger partial charge in [-0.1, -0.05) is 42.6 Å². The van der Waals surface area contributed by atoms with Crippen molar-refractivity contribution in [2.45, 2.75) is 33.6 Å². The van der Waals surface area contributed by atoms with Gasteiger partial charge in [-0.25, -0.2) is 4.98 Å². The number of hydrogen-bond acceptors (Lipinski definition) is 3. The fourth-order valence-electron chi connectivity index (χ4n) is 2.97. The second-order valence-corrected chi connectivity index (χ2v) is 6.95. The van der Waals surface area contributed by atoms with Crippen LogP contribution in [0, 0.1) is 6.92 Å². The van der Waals surface area contributed by atoms with E-state index in [9.17, 15) is 0 Å². The van der Waals surface area contributed by atoms with E-state index in [0.29, 0.717) is 10.0 Å². The molecule has 0 radical (unpaired) electrons. The van der Waals surface area contributed by atoms with E-state index in [0.717, 1.165) is 54.2 Å². The molecule has 6 heteroatoms. The van der Waals surface area contributed by atoms with Crippen molar-refractivity contribution < 1.29 is 0 Å². The number of aromatic nitrogens is 3. The van der Waals surface area contributed by atoms with Gasteiger partial charge in [0.15, 0.2) is 5.65 Å². The van der Waals surface area contributed by atoms with E-state index in [1.807, 2.05) is 29.8 Å². The number of aryl methyl sites for hydroxylation is 1. The number of fused-ring (bicyclic) bond motifs is 1. The predicted octanol–water partition coefficient (Wildman–Crippen LogP) is 5.64. The first-order chi connectivity index (χ1) is 12.0. The summed E-state index contributed by atoms with van der Waals surface area (Å²) in [6.07, 6.45) is 4.14. The van der Waals surface area contributed by atoms with Gasteiger partial charge in [-0.05, 0) is 32.4 Å². The molecule has 0 bridgehead atoms. The molecule has 0 unspecified atom stereocenters. The van der Waals surface area contributed by atoms with Crippen molar-refractivity contribution in [3.63, 3.8) is 0 Å². The van der Waals surface area contributed by atoms with E-state index >= 15 is 0 Å². The monoisotopic (exact) mass is 376 g/mol. The molecule has 0 aliphatic carbocycles. The number of anilines is 1. The summed E-state index contributed by atoms with van der Waals surface area (Å²) in [5, 5.41) is 5.82. The van der Waals surface area contributed by atoms with Crippen molar-refractivity contribution in [3.05, 3.63) is 46.2 Å². The van der Waals surface area contributed by atoms with Gasteiger partial charge < -0.3 is 4.90 Å². The third kappa shape index (κ3) is 3.60. The lowest BCUT2D eigenvalue weighted by molar-refractivity contribution is 0.709. The Kier molecular flexibility index (Phi) is 5.50. The summed E-state index contributed by atoms with van der Waals surface area (Å²) in [5.41, 5.74) is 3.58. The zero-order valence-electron chi connectivity index (χ0n) is 14.8. The predicted molar refractivity (Wildman–Crippen MR) is 106 cm³/mol. The van der Waals surface area contributed by atoms with E-state index in [-0.39, 0.29) is 0 Å². The van der Waals surface area contributed by atoms with Crippen LogP contribution in [0.15, 0.2) is 30.5 Å². The van der Waals surface area contributed by atoms with Gasteiger partial charge in [0.25, 0.3) is 0 Å². The van der Waals surface area contributed by atoms with Crippen molar-refractivity contribution >= 4 is 34.7 Å². The summed E-state index contributed by atoms with van der Waals surface area (Å²) in [4.78, 5) is 7.05. The first-order valence-corrected chi connectivity index (χ1v) is 9.36. The molecule has 0 aliphatic heterocycles. The zero-order chi connectivity index (χ0) is 18.0. The number of nitrogens with zero attached hydrogens (tertiary/aromatic N) is 4. The molecule has 132 valence electrons. The Hall–Kier alpha value is -1.78. The number of rotatable bonds is 6. The van der Waals surface area contributed by atoms with Crippen LogP contribution in [0.5, 0.6) is 0 Å². The minimum Gasteiger partial charge on any atom is -0.357 e. The Morgan fingerprint density at radius 1 is 1.12 bits per heavy atom. The van der Waals surface area contributed by atoms with Crippen LogP contribution in [-0.4, -0.2) is 27.7 Å². The van der Waals surface area contributed by atoms with Crippen molar-refractivity contribution in [3.8, 4) is 11.1 Å². The highest BCUT2D eigenvalue weighted by atomic mass is 35.5. The highest BCUT2D eigenvalue weighted by Gasteiger charge is 2.17. The van der Waals surface area contributed by atoms with Crippen molar-refractivity contribution in [2.75, 3.05) is 18.0 Å². The Bertz CT molecular complexity index is 889. The molecule has 1 aromatic carbocycles. The Morgan fingerprint density at radius 2 is 1.92 bits per heavy atom. The molecular weight excluding hydrogens is 355 g/mol. The summed E-state index contributed by atoms with van der Waals surface area (Å²) < 4.78 is 1.91. The van der Waals surface area contributed by atoms with E-state index in [1.54, 1.807) is 6.07 Å². The van der Waals surface area contributed by atoms with Crippen LogP contribution in [0.2, 0.25) is 10.0 Å². The molecule has 0 saturated carbocycles. The van der Waals surface area contributed by atoms with Gasteiger partial charge in [-0.3, -0.25) is 0 Å². The SMILES string of the molecule is CCCCN(CC)c1cc(C)nc2c(-c3ccc(Cl)cc3Cl)cnn12. The maximum absolute atomic E-state index is 6.40. The van der Waals surface area contributed by atoms with E-state index in [1.165, 1.54) is 0 Å². The second kappa shape index (κ2) is 7.63. The maximum atomic E-state index is 6.40. The normalized spacial score (nSPS) is 11.2. The lowest BCUT2D eigenvalue weighted by Crippen LogP contribution is -2.26. The minimum absolute atomic E-state index is 0.602. The molecule has 0 saturated heterocycles. The van der Waals surface area contributed by atoms with Gasteiger partial charge in [0.2, 0.25) is 0 Å². The topological polar surface area (TPSA) is 33.4 Å². The van der Waals surface area contributed by atoms with Crippen LogP contribution in [0.3, 0.4) is 0 Å². The van der Waals surface area contributed by atoms with Crippen molar-refractivity contribution in [2.24, 2.45) is 0 Å². The molecule has 2 heterocycles. The minimum atomic E-state index is 0.602. The van der Waals surface area contributed by atoms with Gasteiger partial charge >= 0.3 is 0 Å². The summed E-state index contributed by atoms with van der Waals surface area (Å²) >= 11 is 12.4. The Labute approximate surface area is 158 Å². The number of halogens is 2. The third-order valence-corrected chi connectivity index (χ3v) is 4.84. The van der Waals surface area contributed by atoms with Crippen LogP contribution < -0.4 is 4.90 Å². The smallest absolute Gasteiger partial charge is 0.165 e. The second-order valence-electron chi connectivity index (χ2n) is 6.11. The van der Waals surface area contributed by atoms with Crippen molar-refractivity contribution in [1.82, 2.24) is 14.6 Å². The van der Waals surface area contributed by atoms with Crippen LogP contribution in [-0.2, 0) is 0 Å². The molecule has 3 aromatic rings. The number of unbranched alkanes of at least 4 members (excludes halogenated alkanes) is 1. The fraction of sp³-hybridized carbons (Fsp3) is 0.368. The average Bonchev–Trinajstić information content (AvgIpc) is 2.99. The number of hydrogen-bond donors (Lipinski definition) is 0. The summed E-state index contributed by atoms with van der Waals surface area (Å²) in [6, 6.07) is 7.59. The quantitative estimate of drug-likeness (QED) is 0.558. The standard InChI is InChI=1S/C19H22Cl2N4/c1-4-6-9-24(5-2)18-10-13(3)23-19-16(12-22-25(18)19)15-8-7-14(20)11-17(15)21/h7-8,10-12H,4-6,9H2,1-3H3. The number of benzene rings is 1. The van der Waals surface area contributed by atoms with Crippen molar-refractivity contribution in [1.29, 1.82) is 0 Å². The van der Waals surface area contributed by atoms with Crippen LogP contribution in [0.1, 0.15) is 32.4 Å². The van der Waals surface area contributed by atoms with Gasteiger partial charge in [0.1, 0.15) is 5.82 Å². The summed E-state index contributed by atoms with van der Waals surface area (Å²) in [5.74, 6) is 1.06. The molecule has 0 aliphatic rings. The lowest BCUT2D eigenvalue weighted by atomic mass is 10.1. The molecule has 0 N–H and O–H groups in total. The molecule has 25 heavy (non-hydrogen) atoms. The molecule has 2 aromatic heterocycles. The maximum Gasteiger partial charge on any atom is 0.165 e. The molecule has 0 amide bonds. The van der Waals surface area contributed by atoms with E-state index in [4.69, 9.17) is 28.2 Å². The van der Waals surface area contributed by atoms with Gasteiger partial charge in [0.05, 0.1) is 11.2 Å². The van der Waals surface area contributed by atoms with E-state index in [2.05, 4.69) is 29.9 Å². The van der Waals surface area contributed by atoms with Crippen LogP contribution in [0.25, 0.3) is 16.8 Å². The lowest BCUT2D eigenvalue weighted by Gasteiger charge is -2.23. The molecule has 0 atom stereocenters.